The van der Waals surface area contributed by atoms with Crippen LogP contribution in [0.15, 0.2) is 18.2 Å². The van der Waals surface area contributed by atoms with Crippen molar-refractivity contribution < 1.29 is 14.3 Å². The van der Waals surface area contributed by atoms with Crippen LogP contribution in [0, 0.1) is 6.92 Å². The third kappa shape index (κ3) is 3.23. The predicted molar refractivity (Wildman–Crippen MR) is 70.0 cm³/mol. The van der Waals surface area contributed by atoms with Gasteiger partial charge in [-0.15, -0.1) is 0 Å². The Kier molecular flexibility index (Phi) is 4.20. The summed E-state index contributed by atoms with van der Waals surface area (Å²) in [6, 6.07) is 5.72. The highest BCUT2D eigenvalue weighted by atomic mass is 16.5. The Hall–Kier alpha value is -1.55. The molecule has 0 saturated carbocycles. The van der Waals surface area contributed by atoms with Crippen LogP contribution in [0.1, 0.15) is 25.3 Å². The molecule has 1 aromatic carbocycles. The van der Waals surface area contributed by atoms with Crippen molar-refractivity contribution in [3.8, 4) is 5.75 Å². The average molecular weight is 249 g/mol. The summed E-state index contributed by atoms with van der Waals surface area (Å²) in [5.41, 5.74) is 1.85. The van der Waals surface area contributed by atoms with E-state index in [-0.39, 0.29) is 12.0 Å². The maximum Gasteiger partial charge on any atom is 0.224 e. The van der Waals surface area contributed by atoms with Crippen molar-refractivity contribution in [2.45, 2.75) is 32.8 Å². The summed E-state index contributed by atoms with van der Waals surface area (Å²) in [4.78, 5) is 11.4. The molecular formula is C14H19NO3. The maximum absolute atomic E-state index is 11.4. The molecule has 1 heterocycles. The number of hydrogen-bond acceptors (Lipinski definition) is 3. The maximum atomic E-state index is 11.4. The number of ether oxygens (including phenoxy) is 2. The molecule has 1 fully saturated rings. The second-order valence-electron chi connectivity index (χ2n) is 4.49. The van der Waals surface area contributed by atoms with Crippen molar-refractivity contribution >= 4 is 11.6 Å². The van der Waals surface area contributed by atoms with Crippen molar-refractivity contribution in [3.63, 3.8) is 0 Å². The van der Waals surface area contributed by atoms with Crippen LogP contribution in [-0.4, -0.2) is 25.2 Å². The van der Waals surface area contributed by atoms with Gasteiger partial charge in [0.2, 0.25) is 5.91 Å². The lowest BCUT2D eigenvalue weighted by Crippen LogP contribution is -2.16. The highest BCUT2D eigenvalue weighted by Crippen LogP contribution is 2.25. The largest absolute Gasteiger partial charge is 0.488 e. The molecule has 1 aromatic rings. The second kappa shape index (κ2) is 5.87. The van der Waals surface area contributed by atoms with Crippen molar-refractivity contribution in [1.82, 2.24) is 0 Å². The van der Waals surface area contributed by atoms with E-state index < -0.39 is 0 Å². The average Bonchev–Trinajstić information content (AvgIpc) is 2.86. The quantitative estimate of drug-likeness (QED) is 0.892. The van der Waals surface area contributed by atoms with Gasteiger partial charge in [0.1, 0.15) is 11.9 Å². The Morgan fingerprint density at radius 3 is 3.06 bits per heavy atom. The molecule has 0 bridgehead atoms. The number of amides is 1. The number of carbonyl (C=O) groups excluding carboxylic acids is 1. The second-order valence-corrected chi connectivity index (χ2v) is 4.49. The molecule has 4 heteroatoms. The predicted octanol–water partition coefficient (Wildman–Crippen LogP) is 2.51. The molecule has 18 heavy (non-hydrogen) atoms. The van der Waals surface area contributed by atoms with Crippen molar-refractivity contribution in [1.29, 1.82) is 0 Å². The van der Waals surface area contributed by atoms with E-state index in [1.807, 2.05) is 32.0 Å². The first-order valence-corrected chi connectivity index (χ1v) is 6.34. The third-order valence-corrected chi connectivity index (χ3v) is 2.97. The Labute approximate surface area is 107 Å². The van der Waals surface area contributed by atoms with E-state index in [0.717, 1.165) is 30.0 Å². The van der Waals surface area contributed by atoms with Gasteiger partial charge in [0.15, 0.2) is 0 Å². The molecule has 4 nitrogen and oxygen atoms in total. The molecule has 1 aliphatic heterocycles. The van der Waals surface area contributed by atoms with E-state index >= 15 is 0 Å². The fourth-order valence-electron chi connectivity index (χ4n) is 1.84. The lowest BCUT2D eigenvalue weighted by Gasteiger charge is -2.15. The molecule has 1 aliphatic rings. The molecule has 0 radical (unpaired) electrons. The van der Waals surface area contributed by atoms with Gasteiger partial charge >= 0.3 is 0 Å². The first kappa shape index (κ1) is 12.9. The topological polar surface area (TPSA) is 47.6 Å². The van der Waals surface area contributed by atoms with Crippen LogP contribution in [-0.2, 0) is 9.53 Å². The minimum atomic E-state index is 0.00834. The highest BCUT2D eigenvalue weighted by Gasteiger charge is 2.18. The first-order valence-electron chi connectivity index (χ1n) is 6.34. The van der Waals surface area contributed by atoms with Crippen LogP contribution in [0.3, 0.4) is 0 Å². The highest BCUT2D eigenvalue weighted by molar-refractivity contribution is 5.90. The van der Waals surface area contributed by atoms with Gasteiger partial charge in [-0.05, 0) is 18.6 Å². The zero-order valence-electron chi connectivity index (χ0n) is 10.9. The number of carbonyl (C=O) groups is 1. The minimum Gasteiger partial charge on any atom is -0.488 e. The van der Waals surface area contributed by atoms with E-state index in [1.54, 1.807) is 0 Å². The number of rotatable bonds is 4. The van der Waals surface area contributed by atoms with Crippen LogP contribution in [0.4, 0.5) is 5.69 Å². The number of anilines is 1. The normalized spacial score (nSPS) is 18.7. The lowest BCUT2D eigenvalue weighted by atomic mass is 10.2. The fourth-order valence-corrected chi connectivity index (χ4v) is 1.84. The summed E-state index contributed by atoms with van der Waals surface area (Å²) < 4.78 is 11.2. The van der Waals surface area contributed by atoms with Gasteiger partial charge < -0.3 is 14.8 Å². The van der Waals surface area contributed by atoms with E-state index in [1.165, 1.54) is 0 Å². The van der Waals surface area contributed by atoms with Gasteiger partial charge in [0.05, 0.1) is 13.2 Å². The molecule has 0 aliphatic carbocycles. The Morgan fingerprint density at radius 1 is 1.56 bits per heavy atom. The fraction of sp³-hybridized carbons (Fsp3) is 0.500. The summed E-state index contributed by atoms with van der Waals surface area (Å²) >= 11 is 0. The van der Waals surface area contributed by atoms with Crippen LogP contribution in [0.25, 0.3) is 0 Å². The van der Waals surface area contributed by atoms with E-state index in [0.29, 0.717) is 13.0 Å². The number of aryl methyl sites for hydroxylation is 1. The van der Waals surface area contributed by atoms with Crippen LogP contribution in [0.2, 0.25) is 0 Å². The van der Waals surface area contributed by atoms with E-state index in [9.17, 15) is 4.79 Å². The number of benzene rings is 1. The Bertz CT molecular complexity index is 425. The summed E-state index contributed by atoms with van der Waals surface area (Å²) in [6.07, 6.45) is 1.52. The minimum absolute atomic E-state index is 0.00834. The van der Waals surface area contributed by atoms with Gasteiger partial charge in [-0.2, -0.15) is 0 Å². The summed E-state index contributed by atoms with van der Waals surface area (Å²) in [6.45, 7) is 5.23. The number of nitrogens with one attached hydrogen (secondary N) is 1. The molecular weight excluding hydrogens is 230 g/mol. The van der Waals surface area contributed by atoms with Gasteiger partial charge in [-0.3, -0.25) is 4.79 Å². The van der Waals surface area contributed by atoms with Crippen molar-refractivity contribution in [2.24, 2.45) is 0 Å². The van der Waals surface area contributed by atoms with Crippen LogP contribution < -0.4 is 10.1 Å². The standard InChI is InChI=1S/C14H19NO3/c1-3-14(16)15-11-5-4-10(2)13(8-11)18-12-6-7-17-9-12/h4-5,8,12H,3,6-7,9H2,1-2H3,(H,15,16)/t12-/m1/s1. The van der Waals surface area contributed by atoms with Gasteiger partial charge in [-0.25, -0.2) is 0 Å². The molecule has 1 amide bonds. The number of hydrogen-bond donors (Lipinski definition) is 1. The molecule has 0 aromatic heterocycles. The first-order chi connectivity index (χ1) is 8.69. The molecule has 1 atom stereocenters. The summed E-state index contributed by atoms with van der Waals surface area (Å²) in [5.74, 6) is 0.827. The molecule has 0 spiro atoms. The third-order valence-electron chi connectivity index (χ3n) is 2.97. The van der Waals surface area contributed by atoms with Crippen molar-refractivity contribution in [2.75, 3.05) is 18.5 Å². The van der Waals surface area contributed by atoms with Gasteiger partial charge in [0, 0.05) is 24.6 Å². The van der Waals surface area contributed by atoms with E-state index in [4.69, 9.17) is 9.47 Å². The molecule has 2 rings (SSSR count). The molecule has 1 saturated heterocycles. The van der Waals surface area contributed by atoms with Crippen LogP contribution in [0.5, 0.6) is 5.75 Å². The SMILES string of the molecule is CCC(=O)Nc1ccc(C)c(O[C@@H]2CCOC2)c1. The van der Waals surface area contributed by atoms with Crippen LogP contribution >= 0.6 is 0 Å². The summed E-state index contributed by atoms with van der Waals surface area (Å²) in [5, 5.41) is 2.83. The van der Waals surface area contributed by atoms with Gasteiger partial charge in [0.25, 0.3) is 0 Å². The zero-order chi connectivity index (χ0) is 13.0. The smallest absolute Gasteiger partial charge is 0.224 e. The van der Waals surface area contributed by atoms with Crippen molar-refractivity contribution in [3.05, 3.63) is 23.8 Å². The van der Waals surface area contributed by atoms with Gasteiger partial charge in [-0.1, -0.05) is 13.0 Å². The monoisotopic (exact) mass is 249 g/mol. The summed E-state index contributed by atoms with van der Waals surface area (Å²) in [7, 11) is 0. The van der Waals surface area contributed by atoms with E-state index in [2.05, 4.69) is 5.32 Å². The lowest BCUT2D eigenvalue weighted by molar-refractivity contribution is -0.115. The molecule has 1 N–H and O–H groups in total. The molecule has 0 unspecified atom stereocenters. The molecule has 98 valence electrons. The Balaban J connectivity index is 2.08. The zero-order valence-corrected chi connectivity index (χ0v) is 10.9. The Morgan fingerprint density at radius 2 is 2.39 bits per heavy atom.